The van der Waals surface area contributed by atoms with Crippen LogP contribution in [-0.2, 0) is 10.0 Å². The van der Waals surface area contributed by atoms with Crippen LogP contribution in [0.25, 0.3) is 0 Å². The number of rotatable bonds is 4. The van der Waals surface area contributed by atoms with Gasteiger partial charge in [0.1, 0.15) is 5.82 Å². The highest BCUT2D eigenvalue weighted by molar-refractivity contribution is 7.89. The Hall–Kier alpha value is -1.72. The zero-order valence-electron chi connectivity index (χ0n) is 11.3. The second-order valence-electron chi connectivity index (χ2n) is 4.66. The van der Waals surface area contributed by atoms with E-state index < -0.39 is 16.1 Å². The summed E-state index contributed by atoms with van der Waals surface area (Å²) in [7, 11) is -3.60. The molecule has 0 radical (unpaired) electrons. The lowest BCUT2D eigenvalue weighted by atomic mass is 10.1. The van der Waals surface area contributed by atoms with E-state index in [1.165, 1.54) is 18.2 Å². The fourth-order valence-corrected chi connectivity index (χ4v) is 3.10. The highest BCUT2D eigenvalue weighted by Gasteiger charge is 2.18. The van der Waals surface area contributed by atoms with Crippen LogP contribution >= 0.6 is 0 Å². The lowest BCUT2D eigenvalue weighted by molar-refractivity contribution is 0.564. The molecule has 0 fully saturated rings. The van der Waals surface area contributed by atoms with Crippen LogP contribution in [0.3, 0.4) is 0 Å². The van der Waals surface area contributed by atoms with Gasteiger partial charge < -0.3 is 0 Å². The lowest BCUT2D eigenvalue weighted by Crippen LogP contribution is -2.26. The minimum atomic E-state index is -3.60. The first-order valence-electron chi connectivity index (χ1n) is 6.23. The Kier molecular flexibility index (Phi) is 4.20. The van der Waals surface area contributed by atoms with Crippen molar-refractivity contribution in [1.82, 2.24) is 4.72 Å². The molecule has 0 bridgehead atoms. The molecule has 0 saturated carbocycles. The van der Waals surface area contributed by atoms with Crippen molar-refractivity contribution < 1.29 is 12.8 Å². The number of hydrogen-bond donors (Lipinski definition) is 1. The monoisotopic (exact) mass is 293 g/mol. The SMILES string of the molecule is Cc1ccc(C(C)NS(=O)(=O)c2ccccc2)cc1F. The Morgan fingerprint density at radius 1 is 1.10 bits per heavy atom. The van der Waals surface area contributed by atoms with Gasteiger partial charge in [0.25, 0.3) is 0 Å². The largest absolute Gasteiger partial charge is 0.241 e. The number of halogens is 1. The van der Waals surface area contributed by atoms with Crippen molar-refractivity contribution in [2.45, 2.75) is 24.8 Å². The van der Waals surface area contributed by atoms with Crippen molar-refractivity contribution in [2.75, 3.05) is 0 Å². The molecule has 1 N–H and O–H groups in total. The summed E-state index contributed by atoms with van der Waals surface area (Å²) in [6.45, 7) is 3.35. The molecule has 2 aromatic rings. The van der Waals surface area contributed by atoms with E-state index in [1.54, 1.807) is 44.2 Å². The third-order valence-electron chi connectivity index (χ3n) is 3.08. The fraction of sp³-hybridized carbons (Fsp3) is 0.200. The Labute approximate surface area is 118 Å². The van der Waals surface area contributed by atoms with E-state index in [4.69, 9.17) is 0 Å². The standard InChI is InChI=1S/C15H16FNO2S/c1-11-8-9-13(10-15(11)16)12(2)17-20(18,19)14-6-4-3-5-7-14/h3-10,12,17H,1-2H3. The van der Waals surface area contributed by atoms with Crippen molar-refractivity contribution in [3.05, 3.63) is 65.5 Å². The highest BCUT2D eigenvalue weighted by Crippen LogP contribution is 2.19. The second kappa shape index (κ2) is 5.73. The van der Waals surface area contributed by atoms with Crippen LogP contribution in [0, 0.1) is 12.7 Å². The van der Waals surface area contributed by atoms with E-state index in [1.807, 2.05) is 0 Å². The molecule has 106 valence electrons. The summed E-state index contributed by atoms with van der Waals surface area (Å²) in [6.07, 6.45) is 0. The minimum Gasteiger partial charge on any atom is -0.207 e. The summed E-state index contributed by atoms with van der Waals surface area (Å²) >= 11 is 0. The average molecular weight is 293 g/mol. The first-order valence-corrected chi connectivity index (χ1v) is 7.72. The van der Waals surface area contributed by atoms with Gasteiger partial charge in [-0.15, -0.1) is 0 Å². The van der Waals surface area contributed by atoms with Gasteiger partial charge in [-0.05, 0) is 43.2 Å². The molecule has 0 aliphatic carbocycles. The maximum atomic E-state index is 13.5. The second-order valence-corrected chi connectivity index (χ2v) is 6.38. The van der Waals surface area contributed by atoms with Crippen LogP contribution in [-0.4, -0.2) is 8.42 Å². The summed E-state index contributed by atoms with van der Waals surface area (Å²) < 4.78 is 40.4. The molecule has 0 heterocycles. The Morgan fingerprint density at radius 2 is 1.75 bits per heavy atom. The molecular formula is C15H16FNO2S. The number of benzene rings is 2. The van der Waals surface area contributed by atoms with E-state index in [0.29, 0.717) is 11.1 Å². The van der Waals surface area contributed by atoms with E-state index in [0.717, 1.165) is 0 Å². The maximum Gasteiger partial charge on any atom is 0.241 e. The Morgan fingerprint density at radius 3 is 2.35 bits per heavy atom. The molecule has 5 heteroatoms. The number of nitrogens with one attached hydrogen (secondary N) is 1. The van der Waals surface area contributed by atoms with Crippen LogP contribution in [0.15, 0.2) is 53.4 Å². The van der Waals surface area contributed by atoms with Crippen molar-refractivity contribution >= 4 is 10.0 Å². The molecule has 3 nitrogen and oxygen atoms in total. The highest BCUT2D eigenvalue weighted by atomic mass is 32.2. The molecule has 0 aliphatic rings. The summed E-state index contributed by atoms with van der Waals surface area (Å²) in [4.78, 5) is 0.194. The Bertz CT molecular complexity index is 699. The van der Waals surface area contributed by atoms with E-state index in [9.17, 15) is 12.8 Å². The number of aryl methyl sites for hydroxylation is 1. The smallest absolute Gasteiger partial charge is 0.207 e. The molecule has 0 saturated heterocycles. The fourth-order valence-electron chi connectivity index (χ4n) is 1.85. The minimum absolute atomic E-state index is 0.194. The third-order valence-corrected chi connectivity index (χ3v) is 4.64. The van der Waals surface area contributed by atoms with Gasteiger partial charge in [0.2, 0.25) is 10.0 Å². The van der Waals surface area contributed by atoms with E-state index >= 15 is 0 Å². The molecule has 2 rings (SSSR count). The van der Waals surface area contributed by atoms with Crippen LogP contribution < -0.4 is 4.72 Å². The molecule has 0 amide bonds. The van der Waals surface area contributed by atoms with Gasteiger partial charge in [-0.25, -0.2) is 17.5 Å². The lowest BCUT2D eigenvalue weighted by Gasteiger charge is -2.15. The zero-order chi connectivity index (χ0) is 14.8. The van der Waals surface area contributed by atoms with Gasteiger partial charge >= 0.3 is 0 Å². The molecule has 1 unspecified atom stereocenters. The van der Waals surface area contributed by atoms with Crippen LogP contribution in [0.4, 0.5) is 4.39 Å². The van der Waals surface area contributed by atoms with Gasteiger partial charge in [-0.1, -0.05) is 30.3 Å². The average Bonchev–Trinajstić information content (AvgIpc) is 2.42. The topological polar surface area (TPSA) is 46.2 Å². The van der Waals surface area contributed by atoms with Gasteiger partial charge in [-0.2, -0.15) is 0 Å². The summed E-state index contributed by atoms with van der Waals surface area (Å²) in [6, 6.07) is 12.3. The maximum absolute atomic E-state index is 13.5. The van der Waals surface area contributed by atoms with Crippen molar-refractivity contribution in [1.29, 1.82) is 0 Å². The molecule has 2 aromatic carbocycles. The first-order chi connectivity index (χ1) is 9.40. The van der Waals surface area contributed by atoms with Crippen LogP contribution in [0.2, 0.25) is 0 Å². The quantitative estimate of drug-likeness (QED) is 0.941. The van der Waals surface area contributed by atoms with Gasteiger partial charge in [0.15, 0.2) is 0 Å². The molecular weight excluding hydrogens is 277 g/mol. The van der Waals surface area contributed by atoms with Gasteiger partial charge in [0.05, 0.1) is 4.90 Å². The first kappa shape index (κ1) is 14.7. The van der Waals surface area contributed by atoms with Crippen LogP contribution in [0.5, 0.6) is 0 Å². The molecule has 0 spiro atoms. The van der Waals surface area contributed by atoms with Crippen molar-refractivity contribution in [2.24, 2.45) is 0 Å². The predicted molar refractivity (Wildman–Crippen MR) is 76.3 cm³/mol. The zero-order valence-corrected chi connectivity index (χ0v) is 12.1. The molecule has 0 aliphatic heterocycles. The summed E-state index contributed by atoms with van der Waals surface area (Å²) in [5.41, 5.74) is 1.12. The molecule has 20 heavy (non-hydrogen) atoms. The normalized spacial score (nSPS) is 13.2. The van der Waals surface area contributed by atoms with E-state index in [2.05, 4.69) is 4.72 Å². The summed E-state index contributed by atoms with van der Waals surface area (Å²) in [5.74, 6) is -0.340. The molecule has 0 aromatic heterocycles. The van der Waals surface area contributed by atoms with Crippen molar-refractivity contribution in [3.63, 3.8) is 0 Å². The third kappa shape index (κ3) is 3.23. The van der Waals surface area contributed by atoms with E-state index in [-0.39, 0.29) is 10.7 Å². The molecule has 1 atom stereocenters. The van der Waals surface area contributed by atoms with Crippen LogP contribution in [0.1, 0.15) is 24.1 Å². The number of sulfonamides is 1. The van der Waals surface area contributed by atoms with Gasteiger partial charge in [-0.3, -0.25) is 0 Å². The van der Waals surface area contributed by atoms with Crippen molar-refractivity contribution in [3.8, 4) is 0 Å². The summed E-state index contributed by atoms with van der Waals surface area (Å²) in [5, 5.41) is 0. The number of hydrogen-bond acceptors (Lipinski definition) is 2. The predicted octanol–water partition coefficient (Wildman–Crippen LogP) is 3.17. The van der Waals surface area contributed by atoms with Gasteiger partial charge in [0, 0.05) is 6.04 Å². The Balaban J connectivity index is 2.23.